The Morgan fingerprint density at radius 3 is 3.00 bits per heavy atom. The van der Waals surface area contributed by atoms with Crippen molar-refractivity contribution in [2.45, 2.75) is 37.3 Å². The highest BCUT2D eigenvalue weighted by atomic mass is 19.1. The van der Waals surface area contributed by atoms with Crippen LogP contribution < -0.4 is 10.1 Å². The van der Waals surface area contributed by atoms with Gasteiger partial charge < -0.3 is 10.1 Å². The van der Waals surface area contributed by atoms with Crippen LogP contribution in [0.4, 0.5) is 10.1 Å². The maximum Gasteiger partial charge on any atom is 0.314 e. The zero-order chi connectivity index (χ0) is 15.5. The lowest BCUT2D eigenvalue weighted by Crippen LogP contribution is -2.48. The highest BCUT2D eigenvalue weighted by Crippen LogP contribution is 2.35. The van der Waals surface area contributed by atoms with Crippen molar-refractivity contribution >= 4 is 5.69 Å². The molecular formula is C14H16FN3O3. The van der Waals surface area contributed by atoms with Crippen LogP contribution in [-0.2, 0) is 0 Å². The molecule has 2 atom stereocenters. The van der Waals surface area contributed by atoms with E-state index in [9.17, 15) is 19.8 Å². The van der Waals surface area contributed by atoms with Crippen LogP contribution in [0.1, 0.15) is 25.7 Å². The van der Waals surface area contributed by atoms with Gasteiger partial charge in [-0.15, -0.1) is 0 Å². The van der Waals surface area contributed by atoms with E-state index in [-0.39, 0.29) is 5.75 Å². The lowest BCUT2D eigenvalue weighted by Gasteiger charge is -2.35. The number of hydrogen-bond donors (Lipinski definition) is 1. The fourth-order valence-electron chi connectivity index (χ4n) is 2.63. The molecule has 0 amide bonds. The molecule has 2 unspecified atom stereocenters. The molecule has 1 aromatic rings. The van der Waals surface area contributed by atoms with Gasteiger partial charge in [-0.2, -0.15) is 5.26 Å². The Labute approximate surface area is 121 Å². The Morgan fingerprint density at radius 2 is 2.38 bits per heavy atom. The zero-order valence-corrected chi connectivity index (χ0v) is 11.6. The lowest BCUT2D eigenvalue weighted by molar-refractivity contribution is -0.386. The van der Waals surface area contributed by atoms with Gasteiger partial charge in [0, 0.05) is 12.5 Å². The predicted molar refractivity (Wildman–Crippen MR) is 73.3 cm³/mol. The Bertz CT molecular complexity index is 587. The maximum absolute atomic E-state index is 13.8. The molecule has 1 aliphatic rings. The summed E-state index contributed by atoms with van der Waals surface area (Å²) in [6.45, 7) is 0. The summed E-state index contributed by atoms with van der Waals surface area (Å²) < 4.78 is 19.3. The monoisotopic (exact) mass is 293 g/mol. The number of nitriles is 1. The van der Waals surface area contributed by atoms with Crippen molar-refractivity contribution in [3.05, 3.63) is 34.1 Å². The molecule has 112 valence electrons. The van der Waals surface area contributed by atoms with Gasteiger partial charge in [-0.05, 0) is 32.4 Å². The molecule has 1 saturated carbocycles. The van der Waals surface area contributed by atoms with Crippen LogP contribution in [-0.4, -0.2) is 23.6 Å². The maximum atomic E-state index is 13.8. The highest BCUT2D eigenvalue weighted by Gasteiger charge is 2.37. The second-order valence-electron chi connectivity index (χ2n) is 5.13. The Balaban J connectivity index is 2.23. The lowest BCUT2D eigenvalue weighted by atomic mass is 9.81. The predicted octanol–water partition coefficient (Wildman–Crippen LogP) is 2.54. The van der Waals surface area contributed by atoms with Crippen LogP contribution in [0, 0.1) is 27.3 Å². The Hall–Kier alpha value is -2.20. The number of nitro groups is 1. The van der Waals surface area contributed by atoms with E-state index in [0.29, 0.717) is 19.3 Å². The van der Waals surface area contributed by atoms with Crippen LogP contribution in [0.15, 0.2) is 18.2 Å². The van der Waals surface area contributed by atoms with Gasteiger partial charge in [-0.25, -0.2) is 4.39 Å². The first-order chi connectivity index (χ1) is 10.0. The number of hydrogen-bond acceptors (Lipinski definition) is 5. The molecule has 0 bridgehead atoms. The molecule has 1 fully saturated rings. The molecular weight excluding hydrogens is 277 g/mol. The summed E-state index contributed by atoms with van der Waals surface area (Å²) in [5, 5.41) is 23.2. The fraction of sp³-hybridized carbons (Fsp3) is 0.500. The first kappa shape index (κ1) is 15.2. The van der Waals surface area contributed by atoms with Gasteiger partial charge in [0.25, 0.3) is 0 Å². The van der Waals surface area contributed by atoms with Crippen LogP contribution >= 0.6 is 0 Å². The average Bonchev–Trinajstić information content (AvgIpc) is 2.49. The van der Waals surface area contributed by atoms with E-state index in [2.05, 4.69) is 11.4 Å². The van der Waals surface area contributed by atoms with Crippen LogP contribution in [0.25, 0.3) is 0 Å². The molecule has 0 aromatic heterocycles. The molecule has 0 aliphatic heterocycles. The molecule has 7 heteroatoms. The van der Waals surface area contributed by atoms with Gasteiger partial charge in [-0.1, -0.05) is 6.07 Å². The minimum Gasteiger partial charge on any atom is -0.481 e. The van der Waals surface area contributed by atoms with Crippen molar-refractivity contribution in [2.75, 3.05) is 7.05 Å². The van der Waals surface area contributed by atoms with Crippen molar-refractivity contribution in [1.82, 2.24) is 5.32 Å². The summed E-state index contributed by atoms with van der Waals surface area (Å²) in [6, 6.07) is 5.82. The molecule has 0 heterocycles. The van der Waals surface area contributed by atoms with Crippen LogP contribution in [0.5, 0.6) is 5.75 Å². The molecule has 21 heavy (non-hydrogen) atoms. The van der Waals surface area contributed by atoms with Gasteiger partial charge in [0.1, 0.15) is 11.6 Å². The normalized spacial score (nSPS) is 25.1. The number of ether oxygens (including phenoxy) is 1. The molecule has 6 nitrogen and oxygen atoms in total. The number of nitrogens with one attached hydrogen (secondary N) is 1. The molecule has 2 rings (SSSR count). The second-order valence-corrected chi connectivity index (χ2v) is 5.13. The fourth-order valence-corrected chi connectivity index (χ4v) is 2.63. The Kier molecular flexibility index (Phi) is 4.38. The standard InChI is InChI=1S/C14H16FN3O3/c1-17-14(9-16)7-3-4-10(8-14)21-13-11(15)5-2-6-12(13)18(19)20/h2,5-6,10,17H,3-4,7-8H2,1H3. The number of halogens is 1. The third-order valence-electron chi connectivity index (χ3n) is 3.83. The van der Waals surface area contributed by atoms with Gasteiger partial charge in [0.2, 0.25) is 5.75 Å². The second kappa shape index (κ2) is 6.06. The van der Waals surface area contributed by atoms with E-state index in [1.54, 1.807) is 7.05 Å². The first-order valence-corrected chi connectivity index (χ1v) is 6.71. The van der Waals surface area contributed by atoms with Crippen molar-refractivity contribution in [3.63, 3.8) is 0 Å². The molecule has 0 radical (unpaired) electrons. The number of nitro benzene ring substituents is 1. The number of para-hydroxylation sites is 1. The van der Waals surface area contributed by atoms with Gasteiger partial charge in [0.05, 0.1) is 11.0 Å². The minimum absolute atomic E-state index is 0.350. The van der Waals surface area contributed by atoms with E-state index in [1.807, 2.05) is 0 Å². The van der Waals surface area contributed by atoms with Crippen molar-refractivity contribution in [1.29, 1.82) is 5.26 Å². The zero-order valence-electron chi connectivity index (χ0n) is 11.6. The minimum atomic E-state index is -0.762. The number of nitrogens with zero attached hydrogens (tertiary/aromatic N) is 2. The van der Waals surface area contributed by atoms with Crippen LogP contribution in [0.2, 0.25) is 0 Å². The number of rotatable bonds is 4. The molecule has 1 aromatic carbocycles. The largest absolute Gasteiger partial charge is 0.481 e. The van der Waals surface area contributed by atoms with E-state index in [1.165, 1.54) is 12.1 Å². The Morgan fingerprint density at radius 1 is 1.62 bits per heavy atom. The van der Waals surface area contributed by atoms with Gasteiger partial charge in [0.15, 0.2) is 5.82 Å². The van der Waals surface area contributed by atoms with Crippen LogP contribution in [0.3, 0.4) is 0 Å². The van der Waals surface area contributed by atoms with Gasteiger partial charge in [-0.3, -0.25) is 10.1 Å². The summed E-state index contributed by atoms with van der Waals surface area (Å²) in [7, 11) is 1.69. The molecule has 0 spiro atoms. The van der Waals surface area contributed by atoms with E-state index in [4.69, 9.17) is 4.74 Å². The third kappa shape index (κ3) is 3.11. The van der Waals surface area contributed by atoms with Crippen molar-refractivity contribution < 1.29 is 14.1 Å². The van der Waals surface area contributed by atoms with Crippen molar-refractivity contribution in [2.24, 2.45) is 0 Å². The SMILES string of the molecule is CNC1(C#N)CCCC(Oc2c(F)cccc2[N+](=O)[O-])C1. The summed E-state index contributed by atoms with van der Waals surface area (Å²) in [6.07, 6.45) is 1.99. The quantitative estimate of drug-likeness (QED) is 0.680. The third-order valence-corrected chi connectivity index (χ3v) is 3.83. The summed E-state index contributed by atoms with van der Waals surface area (Å²) in [5.74, 6) is -1.11. The first-order valence-electron chi connectivity index (χ1n) is 6.71. The van der Waals surface area contributed by atoms with E-state index >= 15 is 0 Å². The van der Waals surface area contributed by atoms with E-state index < -0.39 is 28.1 Å². The molecule has 1 N–H and O–H groups in total. The smallest absolute Gasteiger partial charge is 0.314 e. The summed E-state index contributed by atoms with van der Waals surface area (Å²) in [5.41, 5.74) is -1.12. The summed E-state index contributed by atoms with van der Waals surface area (Å²) in [4.78, 5) is 10.3. The van der Waals surface area contributed by atoms with Gasteiger partial charge >= 0.3 is 5.69 Å². The topological polar surface area (TPSA) is 88.2 Å². The number of benzene rings is 1. The average molecular weight is 293 g/mol. The molecule has 1 aliphatic carbocycles. The highest BCUT2D eigenvalue weighted by molar-refractivity contribution is 5.47. The van der Waals surface area contributed by atoms with Crippen molar-refractivity contribution in [3.8, 4) is 11.8 Å². The van der Waals surface area contributed by atoms with E-state index in [0.717, 1.165) is 12.5 Å². The molecule has 0 saturated heterocycles. The summed E-state index contributed by atoms with van der Waals surface area (Å²) >= 11 is 0.